The average Bonchev–Trinajstić information content (AvgIpc) is 2.65. The van der Waals surface area contributed by atoms with Gasteiger partial charge in [0.2, 0.25) is 0 Å². The Morgan fingerprint density at radius 1 is 1.31 bits per heavy atom. The van der Waals surface area contributed by atoms with Gasteiger partial charge in [-0.3, -0.25) is 0 Å². The first-order valence-electron chi connectivity index (χ1n) is 4.15. The number of rotatable bonds is 3. The lowest BCUT2D eigenvalue weighted by atomic mass is 10.3. The van der Waals surface area contributed by atoms with Gasteiger partial charge in [0.25, 0.3) is 5.89 Å². The van der Waals surface area contributed by atoms with Gasteiger partial charge in [-0.05, 0) is 12.1 Å². The standard InChI is InChI=1S/C8H6F2N4O2/c9-7(10)15-4-1-2-5(12-3-4)6-13-14-8(11)16-6/h1-3,7H,(H2,11,14). The molecule has 2 heterocycles. The Morgan fingerprint density at radius 3 is 2.62 bits per heavy atom. The van der Waals surface area contributed by atoms with Gasteiger partial charge in [0.05, 0.1) is 6.20 Å². The molecule has 0 radical (unpaired) electrons. The van der Waals surface area contributed by atoms with E-state index in [-0.39, 0.29) is 17.7 Å². The largest absolute Gasteiger partial charge is 0.433 e. The third-order valence-electron chi connectivity index (χ3n) is 1.62. The van der Waals surface area contributed by atoms with Crippen LogP contribution in [0.15, 0.2) is 22.7 Å². The molecule has 0 aliphatic carbocycles. The van der Waals surface area contributed by atoms with E-state index in [1.54, 1.807) is 0 Å². The molecule has 6 nitrogen and oxygen atoms in total. The van der Waals surface area contributed by atoms with Crippen LogP contribution >= 0.6 is 0 Å². The van der Waals surface area contributed by atoms with Crippen molar-refractivity contribution in [1.82, 2.24) is 15.2 Å². The summed E-state index contributed by atoms with van der Waals surface area (Å²) in [5.74, 6) is 0.0623. The van der Waals surface area contributed by atoms with E-state index in [1.807, 2.05) is 0 Å². The summed E-state index contributed by atoms with van der Waals surface area (Å²) in [5.41, 5.74) is 5.54. The summed E-state index contributed by atoms with van der Waals surface area (Å²) < 4.78 is 32.7. The number of anilines is 1. The van der Waals surface area contributed by atoms with Gasteiger partial charge in [0.15, 0.2) is 0 Å². The highest BCUT2D eigenvalue weighted by Gasteiger charge is 2.09. The zero-order valence-corrected chi connectivity index (χ0v) is 7.80. The molecule has 0 fully saturated rings. The topological polar surface area (TPSA) is 87.1 Å². The van der Waals surface area contributed by atoms with Crippen molar-refractivity contribution in [3.05, 3.63) is 18.3 Å². The summed E-state index contributed by atoms with van der Waals surface area (Å²) >= 11 is 0. The Bertz CT molecular complexity index is 471. The van der Waals surface area contributed by atoms with E-state index in [2.05, 4.69) is 19.9 Å². The Labute approximate surface area is 88.1 Å². The molecule has 0 saturated carbocycles. The fourth-order valence-corrected chi connectivity index (χ4v) is 1.02. The first kappa shape index (κ1) is 10.3. The zero-order chi connectivity index (χ0) is 11.5. The molecule has 84 valence electrons. The third kappa shape index (κ3) is 2.22. The van der Waals surface area contributed by atoms with E-state index in [4.69, 9.17) is 10.2 Å². The molecule has 0 aromatic carbocycles. The van der Waals surface area contributed by atoms with Gasteiger partial charge in [0, 0.05) is 0 Å². The summed E-state index contributed by atoms with van der Waals surface area (Å²) in [5, 5.41) is 7.02. The molecule has 2 N–H and O–H groups in total. The Hall–Kier alpha value is -2.25. The summed E-state index contributed by atoms with van der Waals surface area (Å²) in [4.78, 5) is 3.81. The van der Waals surface area contributed by atoms with E-state index in [1.165, 1.54) is 12.1 Å². The van der Waals surface area contributed by atoms with Gasteiger partial charge in [-0.15, -0.1) is 5.10 Å². The summed E-state index contributed by atoms with van der Waals surface area (Å²) in [6, 6.07) is 2.63. The smallest absolute Gasteiger partial charge is 0.387 e. The van der Waals surface area contributed by atoms with E-state index < -0.39 is 6.61 Å². The van der Waals surface area contributed by atoms with Gasteiger partial charge >= 0.3 is 12.6 Å². The van der Waals surface area contributed by atoms with Crippen molar-refractivity contribution >= 4 is 6.01 Å². The quantitative estimate of drug-likeness (QED) is 0.852. The Morgan fingerprint density at radius 2 is 2.12 bits per heavy atom. The van der Waals surface area contributed by atoms with E-state index in [0.29, 0.717) is 5.69 Å². The van der Waals surface area contributed by atoms with Crippen molar-refractivity contribution in [1.29, 1.82) is 0 Å². The van der Waals surface area contributed by atoms with Crippen LogP contribution in [0.4, 0.5) is 14.8 Å². The molecule has 0 atom stereocenters. The monoisotopic (exact) mass is 228 g/mol. The van der Waals surface area contributed by atoms with Gasteiger partial charge in [-0.1, -0.05) is 5.10 Å². The molecule has 0 aliphatic heterocycles. The number of nitrogens with zero attached hydrogens (tertiary/aromatic N) is 3. The summed E-state index contributed by atoms with van der Waals surface area (Å²) in [7, 11) is 0. The van der Waals surface area contributed by atoms with Gasteiger partial charge in [-0.2, -0.15) is 8.78 Å². The lowest BCUT2D eigenvalue weighted by molar-refractivity contribution is -0.0500. The number of ether oxygens (including phenoxy) is 1. The van der Waals surface area contributed by atoms with Crippen LogP contribution in [-0.4, -0.2) is 21.8 Å². The molecule has 2 aromatic rings. The molecular weight excluding hydrogens is 222 g/mol. The van der Waals surface area contributed by atoms with Crippen LogP contribution in [0.1, 0.15) is 0 Å². The minimum absolute atomic E-state index is 0.0498. The number of hydrogen-bond acceptors (Lipinski definition) is 6. The van der Waals surface area contributed by atoms with E-state index in [0.717, 1.165) is 6.20 Å². The predicted octanol–water partition coefficient (Wildman–Crippen LogP) is 1.32. The average molecular weight is 228 g/mol. The molecule has 2 rings (SSSR count). The normalized spacial score (nSPS) is 10.7. The highest BCUT2D eigenvalue weighted by atomic mass is 19.3. The first-order chi connectivity index (χ1) is 7.65. The number of nitrogens with two attached hydrogens (primary N) is 1. The zero-order valence-electron chi connectivity index (χ0n) is 7.80. The summed E-state index contributed by atoms with van der Waals surface area (Å²) in [6.07, 6.45) is 1.13. The van der Waals surface area contributed by atoms with Crippen molar-refractivity contribution in [3.8, 4) is 17.3 Å². The number of pyridine rings is 1. The minimum Gasteiger partial charge on any atom is -0.433 e. The van der Waals surface area contributed by atoms with Gasteiger partial charge in [-0.25, -0.2) is 4.98 Å². The number of aromatic nitrogens is 3. The molecule has 0 bridgehead atoms. The second-order valence-electron chi connectivity index (χ2n) is 2.70. The maximum absolute atomic E-state index is 11.8. The first-order valence-corrected chi connectivity index (χ1v) is 4.15. The number of hydrogen-bond donors (Lipinski definition) is 1. The number of nitrogen functional groups attached to an aromatic ring is 1. The molecule has 8 heteroatoms. The van der Waals surface area contributed by atoms with Gasteiger partial charge in [0.1, 0.15) is 11.4 Å². The van der Waals surface area contributed by atoms with Crippen molar-refractivity contribution in [2.24, 2.45) is 0 Å². The second kappa shape index (κ2) is 4.09. The van der Waals surface area contributed by atoms with Crippen LogP contribution in [0.2, 0.25) is 0 Å². The highest BCUT2D eigenvalue weighted by molar-refractivity contribution is 5.47. The minimum atomic E-state index is -2.88. The Kier molecular flexibility index (Phi) is 2.63. The molecule has 16 heavy (non-hydrogen) atoms. The molecule has 0 saturated heterocycles. The van der Waals surface area contributed by atoms with Crippen molar-refractivity contribution in [2.75, 3.05) is 5.73 Å². The van der Waals surface area contributed by atoms with Crippen molar-refractivity contribution in [2.45, 2.75) is 6.61 Å². The second-order valence-corrected chi connectivity index (χ2v) is 2.70. The molecule has 0 spiro atoms. The van der Waals surface area contributed by atoms with Crippen LogP contribution in [0.25, 0.3) is 11.6 Å². The van der Waals surface area contributed by atoms with E-state index >= 15 is 0 Å². The maximum atomic E-state index is 11.8. The molecule has 0 amide bonds. The van der Waals surface area contributed by atoms with Crippen LogP contribution in [0, 0.1) is 0 Å². The van der Waals surface area contributed by atoms with Gasteiger partial charge < -0.3 is 14.9 Å². The third-order valence-corrected chi connectivity index (χ3v) is 1.62. The number of alkyl halides is 2. The molecule has 0 aliphatic rings. The summed E-state index contributed by atoms with van der Waals surface area (Å²) in [6.45, 7) is -2.88. The fourth-order valence-electron chi connectivity index (χ4n) is 1.02. The van der Waals surface area contributed by atoms with Crippen molar-refractivity contribution in [3.63, 3.8) is 0 Å². The molecular formula is C8H6F2N4O2. The SMILES string of the molecule is Nc1nnc(-c2ccc(OC(F)F)cn2)o1. The number of halogens is 2. The van der Waals surface area contributed by atoms with E-state index in [9.17, 15) is 8.78 Å². The predicted molar refractivity (Wildman–Crippen MR) is 48.6 cm³/mol. The molecule has 0 unspecified atom stereocenters. The van der Waals surface area contributed by atoms with Crippen LogP contribution in [0.3, 0.4) is 0 Å². The van der Waals surface area contributed by atoms with Crippen LogP contribution < -0.4 is 10.5 Å². The lowest BCUT2D eigenvalue weighted by Gasteiger charge is -2.02. The maximum Gasteiger partial charge on any atom is 0.387 e. The highest BCUT2D eigenvalue weighted by Crippen LogP contribution is 2.19. The molecule has 2 aromatic heterocycles. The van der Waals surface area contributed by atoms with Crippen LogP contribution in [0.5, 0.6) is 5.75 Å². The lowest BCUT2D eigenvalue weighted by Crippen LogP contribution is -2.02. The van der Waals surface area contributed by atoms with Crippen LogP contribution in [-0.2, 0) is 0 Å². The Balaban J connectivity index is 2.19. The fraction of sp³-hybridized carbons (Fsp3) is 0.125. The van der Waals surface area contributed by atoms with Crippen molar-refractivity contribution < 1.29 is 17.9 Å².